The molecule has 0 bridgehead atoms. The summed E-state index contributed by atoms with van der Waals surface area (Å²) in [7, 11) is -0.745. The monoisotopic (exact) mass is 576 g/mol. The number of anilines is 1. The zero-order chi connectivity index (χ0) is 28.3. The Bertz CT molecular complexity index is 1390. The molecule has 1 aromatic carbocycles. The van der Waals surface area contributed by atoms with E-state index in [1.165, 1.54) is 14.2 Å². The second-order valence-corrected chi connectivity index (χ2v) is 12.0. The summed E-state index contributed by atoms with van der Waals surface area (Å²) in [6.45, 7) is 3.37. The maximum atomic E-state index is 14.0. The zero-order valence-corrected chi connectivity index (χ0v) is 23.5. The molecule has 40 heavy (non-hydrogen) atoms. The number of hydrogen-bond donors (Lipinski definition) is 0. The lowest BCUT2D eigenvalue weighted by Gasteiger charge is -2.37. The highest BCUT2D eigenvalue weighted by Crippen LogP contribution is 2.38. The molecule has 0 radical (unpaired) electrons. The van der Waals surface area contributed by atoms with Crippen LogP contribution in [-0.2, 0) is 25.1 Å². The topological polar surface area (TPSA) is 131 Å². The molecule has 14 heteroatoms. The van der Waals surface area contributed by atoms with E-state index in [0.717, 1.165) is 25.2 Å². The van der Waals surface area contributed by atoms with E-state index in [1.807, 2.05) is 6.92 Å². The predicted molar refractivity (Wildman–Crippen MR) is 143 cm³/mol. The molecule has 2 aromatic heterocycles. The molecule has 216 valence electrons. The Morgan fingerprint density at radius 3 is 2.45 bits per heavy atom. The molecular formula is C26H33FN6O6S. The van der Waals surface area contributed by atoms with Gasteiger partial charge in [0.05, 0.1) is 38.0 Å². The van der Waals surface area contributed by atoms with Crippen LogP contribution in [0, 0.1) is 5.82 Å². The highest BCUT2D eigenvalue weighted by molar-refractivity contribution is 7.91. The number of para-hydroxylation sites is 1. The van der Waals surface area contributed by atoms with Crippen LogP contribution >= 0.6 is 0 Å². The van der Waals surface area contributed by atoms with Gasteiger partial charge in [-0.25, -0.2) is 22.8 Å². The van der Waals surface area contributed by atoms with Gasteiger partial charge in [-0.15, -0.1) is 10.2 Å². The quantitative estimate of drug-likeness (QED) is 0.353. The van der Waals surface area contributed by atoms with Gasteiger partial charge in [-0.1, -0.05) is 6.07 Å². The minimum Gasteiger partial charge on any atom is -0.494 e. The van der Waals surface area contributed by atoms with Crippen LogP contribution in [-0.4, -0.2) is 85.0 Å². The predicted octanol–water partition coefficient (Wildman–Crippen LogP) is 2.66. The average molecular weight is 577 g/mol. The van der Waals surface area contributed by atoms with Gasteiger partial charge in [-0.3, -0.25) is 4.57 Å². The molecule has 5 rings (SSSR count). The van der Waals surface area contributed by atoms with E-state index in [4.69, 9.17) is 18.9 Å². The van der Waals surface area contributed by atoms with Crippen molar-refractivity contribution >= 4 is 15.8 Å². The summed E-state index contributed by atoms with van der Waals surface area (Å²) >= 11 is 0. The van der Waals surface area contributed by atoms with Gasteiger partial charge < -0.3 is 23.8 Å². The lowest BCUT2D eigenvalue weighted by molar-refractivity contribution is 0.0531. The maximum Gasteiger partial charge on any atom is 0.225 e. The Morgan fingerprint density at radius 1 is 1.10 bits per heavy atom. The molecule has 2 aliphatic rings. The van der Waals surface area contributed by atoms with Gasteiger partial charge in [0.1, 0.15) is 29.0 Å². The Morgan fingerprint density at radius 2 is 1.82 bits per heavy atom. The molecule has 3 atom stereocenters. The summed E-state index contributed by atoms with van der Waals surface area (Å²) in [5, 5.41) is 7.92. The minimum atomic E-state index is -3.81. The Balaban J connectivity index is 1.52. The second kappa shape index (κ2) is 12.0. The average Bonchev–Trinajstić information content (AvgIpc) is 3.63. The van der Waals surface area contributed by atoms with Crippen LogP contribution in [0.3, 0.4) is 0 Å². The van der Waals surface area contributed by atoms with Crippen molar-refractivity contribution in [1.29, 1.82) is 0 Å². The van der Waals surface area contributed by atoms with Gasteiger partial charge in [0.25, 0.3) is 0 Å². The first-order valence-electron chi connectivity index (χ1n) is 13.2. The van der Waals surface area contributed by atoms with E-state index >= 15 is 0 Å². The summed E-state index contributed by atoms with van der Waals surface area (Å²) in [4.78, 5) is 9.83. The molecular weight excluding hydrogens is 543 g/mol. The summed E-state index contributed by atoms with van der Waals surface area (Å²) in [6.07, 6.45) is 3.28. The van der Waals surface area contributed by atoms with E-state index in [0.29, 0.717) is 49.2 Å². The van der Waals surface area contributed by atoms with Crippen LogP contribution in [0.4, 0.5) is 10.3 Å². The molecule has 12 nitrogen and oxygen atoms in total. The number of piperidine rings is 1. The fourth-order valence-corrected chi connectivity index (χ4v) is 6.96. The lowest BCUT2D eigenvalue weighted by Crippen LogP contribution is -2.50. The van der Waals surface area contributed by atoms with Crippen molar-refractivity contribution in [3.05, 3.63) is 48.1 Å². The van der Waals surface area contributed by atoms with Crippen molar-refractivity contribution in [2.45, 2.75) is 49.4 Å². The molecule has 2 aliphatic heterocycles. The van der Waals surface area contributed by atoms with E-state index in [-0.39, 0.29) is 30.5 Å². The number of benzene rings is 1. The van der Waals surface area contributed by atoms with Crippen molar-refractivity contribution in [1.82, 2.24) is 24.7 Å². The smallest absolute Gasteiger partial charge is 0.225 e. The molecule has 0 saturated carbocycles. The van der Waals surface area contributed by atoms with Crippen LogP contribution in [0.5, 0.6) is 11.5 Å². The minimum absolute atomic E-state index is 0.127. The SMILES string of the molecule is CCO[C@@H]1C[C@@H](S(=O)(=O)Cc2nnc([C@@H]3CCCO3)n2-c2c(OC)cccc2OC)CN(c2ncc(F)cn2)C1. The number of halogens is 1. The van der Waals surface area contributed by atoms with Gasteiger partial charge in [0, 0.05) is 26.3 Å². The summed E-state index contributed by atoms with van der Waals surface area (Å²) in [6, 6.07) is 5.32. The second-order valence-electron chi connectivity index (χ2n) is 9.67. The highest BCUT2D eigenvalue weighted by Gasteiger charge is 2.39. The summed E-state index contributed by atoms with van der Waals surface area (Å²) in [5.41, 5.74) is 0.505. The number of rotatable bonds is 10. The number of hydrogen-bond acceptors (Lipinski definition) is 11. The van der Waals surface area contributed by atoms with Crippen LogP contribution < -0.4 is 14.4 Å². The summed E-state index contributed by atoms with van der Waals surface area (Å²) in [5.74, 6) is 0.943. The first kappa shape index (κ1) is 28.2. The fourth-order valence-electron chi connectivity index (χ4n) is 5.26. The first-order valence-corrected chi connectivity index (χ1v) is 14.9. The Kier molecular flexibility index (Phi) is 8.47. The first-order chi connectivity index (χ1) is 19.3. The van der Waals surface area contributed by atoms with E-state index in [2.05, 4.69) is 20.2 Å². The number of nitrogens with zero attached hydrogens (tertiary/aromatic N) is 6. The van der Waals surface area contributed by atoms with Crippen LogP contribution in [0.2, 0.25) is 0 Å². The molecule has 4 heterocycles. The molecule has 2 fully saturated rings. The third-order valence-corrected chi connectivity index (χ3v) is 9.12. The van der Waals surface area contributed by atoms with Crippen molar-refractivity contribution in [3.63, 3.8) is 0 Å². The van der Waals surface area contributed by atoms with Gasteiger partial charge in [0.15, 0.2) is 27.3 Å². The third-order valence-electron chi connectivity index (χ3n) is 7.10. The highest BCUT2D eigenvalue weighted by atomic mass is 32.2. The molecule has 0 amide bonds. The molecule has 2 saturated heterocycles. The molecule has 3 aromatic rings. The summed E-state index contributed by atoms with van der Waals surface area (Å²) < 4.78 is 66.2. The lowest BCUT2D eigenvalue weighted by atomic mass is 10.1. The van der Waals surface area contributed by atoms with E-state index < -0.39 is 26.7 Å². The standard InChI is InChI=1S/C26H33FN6O6S/c1-4-38-18-11-19(15-32(14-18)26-28-12-17(27)13-29-26)40(34,35)16-23-30-31-25(22-9-6-10-39-22)33(23)24-20(36-2)7-5-8-21(24)37-3/h5,7-8,12-13,18-19,22H,4,6,9-11,14-16H2,1-3H3/t18-,19-,22+/m1/s1. The van der Waals surface area contributed by atoms with Crippen LogP contribution in [0.1, 0.15) is 43.9 Å². The molecule has 0 N–H and O–H groups in total. The van der Waals surface area contributed by atoms with Gasteiger partial charge in [0.2, 0.25) is 5.95 Å². The van der Waals surface area contributed by atoms with Crippen molar-refractivity contribution in [3.8, 4) is 17.2 Å². The molecule has 0 spiro atoms. The largest absolute Gasteiger partial charge is 0.494 e. The molecule has 0 unspecified atom stereocenters. The van der Waals surface area contributed by atoms with Crippen molar-refractivity contribution in [2.75, 3.05) is 45.4 Å². The Hall–Kier alpha value is -3.36. The molecule has 0 aliphatic carbocycles. The van der Waals surface area contributed by atoms with Crippen molar-refractivity contribution in [2.24, 2.45) is 0 Å². The van der Waals surface area contributed by atoms with E-state index in [1.54, 1.807) is 27.7 Å². The Labute approximate surface area is 232 Å². The number of sulfone groups is 1. The van der Waals surface area contributed by atoms with Crippen molar-refractivity contribution < 1.29 is 31.8 Å². The number of ether oxygens (including phenoxy) is 4. The van der Waals surface area contributed by atoms with E-state index in [9.17, 15) is 12.8 Å². The van der Waals surface area contributed by atoms with Crippen LogP contribution in [0.25, 0.3) is 5.69 Å². The van der Waals surface area contributed by atoms with Crippen LogP contribution in [0.15, 0.2) is 30.6 Å². The van der Waals surface area contributed by atoms with Gasteiger partial charge in [-0.2, -0.15) is 0 Å². The van der Waals surface area contributed by atoms with Gasteiger partial charge in [-0.05, 0) is 38.3 Å². The zero-order valence-electron chi connectivity index (χ0n) is 22.7. The normalized spacial score (nSPS) is 21.5. The number of aromatic nitrogens is 5. The van der Waals surface area contributed by atoms with Gasteiger partial charge >= 0.3 is 0 Å². The fraction of sp³-hybridized carbons (Fsp3) is 0.538. The maximum absolute atomic E-state index is 14.0. The number of methoxy groups -OCH3 is 2. The third kappa shape index (κ3) is 5.74.